The monoisotopic (exact) mass is 302 g/mol. The molecule has 1 aromatic rings. The van der Waals surface area contributed by atoms with E-state index in [0.717, 1.165) is 0 Å². The summed E-state index contributed by atoms with van der Waals surface area (Å²) < 4.78 is 5.27. The van der Waals surface area contributed by atoms with Crippen molar-refractivity contribution < 1.29 is 14.4 Å². The van der Waals surface area contributed by atoms with Gasteiger partial charge in [-0.05, 0) is 19.1 Å². The van der Waals surface area contributed by atoms with Gasteiger partial charge in [-0.25, -0.2) is 4.79 Å². The van der Waals surface area contributed by atoms with Crippen molar-refractivity contribution in [2.24, 2.45) is 5.16 Å². The number of carbonyl (C=O) groups excluding carboxylic acids is 1. The maximum atomic E-state index is 11.6. The van der Waals surface area contributed by atoms with E-state index in [1.807, 2.05) is 6.92 Å². The molecule has 0 aromatic heterocycles. The van der Waals surface area contributed by atoms with Gasteiger partial charge in [-0.15, -0.1) is 0 Å². The molecule has 7 heteroatoms. The number of nitrogens with one attached hydrogen (secondary N) is 1. The zero-order chi connectivity index (χ0) is 13.8. The molecule has 2 rings (SSSR count). The third-order valence-electron chi connectivity index (χ3n) is 2.63. The smallest absolute Gasteiger partial charge is 0.372 e. The Morgan fingerprint density at radius 2 is 2.16 bits per heavy atom. The summed E-state index contributed by atoms with van der Waals surface area (Å²) in [6.07, 6.45) is -0.223. The molecule has 0 radical (unpaired) electrons. The van der Waals surface area contributed by atoms with E-state index in [4.69, 9.17) is 32.8 Å². The summed E-state index contributed by atoms with van der Waals surface area (Å²) >= 11 is 11.8. The van der Waals surface area contributed by atoms with Gasteiger partial charge >= 0.3 is 6.09 Å². The van der Waals surface area contributed by atoms with Crippen LogP contribution in [0.2, 0.25) is 10.0 Å². The third kappa shape index (κ3) is 3.59. The number of para-hydroxylation sites is 1. The second-order valence-electron chi connectivity index (χ2n) is 3.95. The van der Waals surface area contributed by atoms with Gasteiger partial charge in [-0.1, -0.05) is 34.4 Å². The van der Waals surface area contributed by atoms with Gasteiger partial charge in [0.05, 0.1) is 34.2 Å². The van der Waals surface area contributed by atoms with Crippen LogP contribution >= 0.6 is 23.2 Å². The first-order valence-electron chi connectivity index (χ1n) is 5.68. The summed E-state index contributed by atoms with van der Waals surface area (Å²) in [5.41, 5.74) is 0.993. The highest BCUT2D eigenvalue weighted by molar-refractivity contribution is 6.39. The average Bonchev–Trinajstić information content (AvgIpc) is 2.77. The molecule has 1 heterocycles. The minimum Gasteiger partial charge on any atom is -0.372 e. The van der Waals surface area contributed by atoms with E-state index in [0.29, 0.717) is 34.5 Å². The molecule has 0 aliphatic carbocycles. The van der Waals surface area contributed by atoms with Gasteiger partial charge in [-0.3, -0.25) is 10.2 Å². The molecule has 1 amide bonds. The normalized spacial score (nSPS) is 20.6. The van der Waals surface area contributed by atoms with Gasteiger partial charge in [0.1, 0.15) is 0 Å². The van der Waals surface area contributed by atoms with Gasteiger partial charge < -0.3 is 4.74 Å². The summed E-state index contributed by atoms with van der Waals surface area (Å²) in [6, 6.07) is 4.91. The Morgan fingerprint density at radius 3 is 2.74 bits per heavy atom. The predicted molar refractivity (Wildman–Crippen MR) is 74.0 cm³/mol. The lowest BCUT2D eigenvalue weighted by Crippen LogP contribution is -2.15. The number of oxime groups is 1. The molecule has 1 unspecified atom stereocenters. The molecule has 1 saturated heterocycles. The zero-order valence-corrected chi connectivity index (χ0v) is 11.7. The Balaban J connectivity index is 1.98. The van der Waals surface area contributed by atoms with Gasteiger partial charge in [0.15, 0.2) is 0 Å². The molecular weight excluding hydrogens is 291 g/mol. The first kappa shape index (κ1) is 14.1. The average molecular weight is 303 g/mol. The van der Waals surface area contributed by atoms with Crippen LogP contribution in [0.25, 0.3) is 0 Å². The Bertz CT molecular complexity index is 499. The molecule has 1 aliphatic heterocycles. The van der Waals surface area contributed by atoms with Crippen molar-refractivity contribution in [2.75, 3.05) is 11.9 Å². The number of nitrogens with zero attached hydrogens (tertiary/aromatic N) is 1. The number of ether oxygens (including phenoxy) is 1. The number of carbonyl (C=O) groups is 1. The molecular formula is C12H12Cl2N2O3. The summed E-state index contributed by atoms with van der Waals surface area (Å²) in [7, 11) is 0. The van der Waals surface area contributed by atoms with E-state index in [-0.39, 0.29) is 6.10 Å². The highest BCUT2D eigenvalue weighted by Gasteiger charge is 2.20. The van der Waals surface area contributed by atoms with Crippen molar-refractivity contribution in [3.05, 3.63) is 28.2 Å². The van der Waals surface area contributed by atoms with Crippen LogP contribution < -0.4 is 5.32 Å². The highest BCUT2D eigenvalue weighted by Crippen LogP contribution is 2.29. The summed E-state index contributed by atoms with van der Waals surface area (Å²) in [4.78, 5) is 16.3. The molecule has 1 N–H and O–H groups in total. The number of amides is 1. The molecule has 5 nitrogen and oxygen atoms in total. The number of rotatable bonds is 2. The lowest BCUT2D eigenvalue weighted by atomic mass is 10.2. The van der Waals surface area contributed by atoms with Crippen LogP contribution in [-0.2, 0) is 9.57 Å². The van der Waals surface area contributed by atoms with Crippen molar-refractivity contribution in [3.63, 3.8) is 0 Å². The van der Waals surface area contributed by atoms with E-state index in [9.17, 15) is 4.79 Å². The first-order valence-corrected chi connectivity index (χ1v) is 6.44. The molecule has 102 valence electrons. The van der Waals surface area contributed by atoms with Crippen molar-refractivity contribution in [2.45, 2.75) is 19.4 Å². The second-order valence-corrected chi connectivity index (χ2v) is 4.76. The lowest BCUT2D eigenvalue weighted by molar-refractivity contribution is 0.141. The first-order chi connectivity index (χ1) is 9.08. The minimum atomic E-state index is -0.749. The van der Waals surface area contributed by atoms with Crippen molar-refractivity contribution >= 4 is 40.7 Å². The van der Waals surface area contributed by atoms with Crippen LogP contribution in [0.15, 0.2) is 23.4 Å². The van der Waals surface area contributed by atoms with E-state index in [1.54, 1.807) is 18.2 Å². The van der Waals surface area contributed by atoms with Gasteiger partial charge in [0, 0.05) is 6.42 Å². The molecule has 1 atom stereocenters. The van der Waals surface area contributed by atoms with Crippen LogP contribution in [0.1, 0.15) is 13.3 Å². The topological polar surface area (TPSA) is 59.9 Å². The SMILES string of the molecule is CC1OCC/C1=N/OC(=O)Nc1c(Cl)cccc1Cl. The molecule has 0 saturated carbocycles. The fourth-order valence-electron chi connectivity index (χ4n) is 1.60. The predicted octanol–water partition coefficient (Wildman–Crippen LogP) is 3.71. The van der Waals surface area contributed by atoms with E-state index in [1.165, 1.54) is 0 Å². The Hall–Kier alpha value is -1.30. The van der Waals surface area contributed by atoms with Crippen LogP contribution in [0.4, 0.5) is 10.5 Å². The van der Waals surface area contributed by atoms with Gasteiger partial charge in [-0.2, -0.15) is 0 Å². The van der Waals surface area contributed by atoms with Crippen LogP contribution in [0.5, 0.6) is 0 Å². The van der Waals surface area contributed by atoms with Crippen LogP contribution in [0, 0.1) is 0 Å². The summed E-state index contributed by atoms with van der Waals surface area (Å²) in [5.74, 6) is 0. The number of hydrogen-bond acceptors (Lipinski definition) is 4. The molecule has 19 heavy (non-hydrogen) atoms. The molecule has 1 fully saturated rings. The maximum absolute atomic E-state index is 11.6. The van der Waals surface area contributed by atoms with Crippen LogP contribution in [-0.4, -0.2) is 24.5 Å². The fraction of sp³-hybridized carbons (Fsp3) is 0.333. The van der Waals surface area contributed by atoms with E-state index >= 15 is 0 Å². The molecule has 1 aromatic carbocycles. The summed E-state index contributed by atoms with van der Waals surface area (Å²) in [5, 5.41) is 6.85. The van der Waals surface area contributed by atoms with Crippen molar-refractivity contribution in [1.82, 2.24) is 0 Å². The lowest BCUT2D eigenvalue weighted by Gasteiger charge is -2.07. The van der Waals surface area contributed by atoms with E-state index < -0.39 is 6.09 Å². The zero-order valence-electron chi connectivity index (χ0n) is 10.2. The number of hydrogen-bond donors (Lipinski definition) is 1. The maximum Gasteiger partial charge on any atom is 0.437 e. The Kier molecular flexibility index (Phi) is 4.63. The quantitative estimate of drug-likeness (QED) is 0.669. The fourth-order valence-corrected chi connectivity index (χ4v) is 2.09. The molecule has 0 spiro atoms. The largest absolute Gasteiger partial charge is 0.437 e. The van der Waals surface area contributed by atoms with Crippen molar-refractivity contribution in [1.29, 1.82) is 0 Å². The summed E-state index contributed by atoms with van der Waals surface area (Å²) in [6.45, 7) is 2.43. The van der Waals surface area contributed by atoms with Gasteiger partial charge in [0.25, 0.3) is 0 Å². The third-order valence-corrected chi connectivity index (χ3v) is 3.26. The number of benzene rings is 1. The number of anilines is 1. The standard InChI is InChI=1S/C12H12Cl2N2O3/c1-7-10(5-6-18-7)16-19-12(17)15-11-8(13)3-2-4-9(11)14/h2-4,7H,5-6H2,1H3,(H,15,17)/b16-10-. The highest BCUT2D eigenvalue weighted by atomic mass is 35.5. The Labute approximate surface area is 120 Å². The second kappa shape index (κ2) is 6.23. The molecule has 1 aliphatic rings. The van der Waals surface area contributed by atoms with Crippen molar-refractivity contribution in [3.8, 4) is 0 Å². The minimum absolute atomic E-state index is 0.128. The van der Waals surface area contributed by atoms with Crippen LogP contribution in [0.3, 0.4) is 0 Å². The van der Waals surface area contributed by atoms with Gasteiger partial charge in [0.2, 0.25) is 0 Å². The number of halogens is 2. The van der Waals surface area contributed by atoms with E-state index in [2.05, 4.69) is 10.5 Å². The Morgan fingerprint density at radius 1 is 1.47 bits per heavy atom. The molecule has 0 bridgehead atoms.